The molecule has 182 valence electrons. The van der Waals surface area contributed by atoms with Crippen molar-refractivity contribution in [2.45, 2.75) is 39.3 Å². The molecule has 2 N–H and O–H groups in total. The molecule has 0 aliphatic rings. The number of aryl methyl sites for hydroxylation is 1. The molecule has 3 aromatic heterocycles. The first kappa shape index (κ1) is 37.6. The average molecular weight is 593 g/mol. The fourth-order valence-corrected chi connectivity index (χ4v) is 4.41. The van der Waals surface area contributed by atoms with Gasteiger partial charge in [-0.1, -0.05) is 49.2 Å². The van der Waals surface area contributed by atoms with Gasteiger partial charge in [-0.3, -0.25) is 0 Å². The summed E-state index contributed by atoms with van der Waals surface area (Å²) in [6.07, 6.45) is 2.96. The van der Waals surface area contributed by atoms with Crippen LogP contribution in [0.3, 0.4) is 0 Å². The fraction of sp³-hybridized carbons (Fsp3) is 0.300. The van der Waals surface area contributed by atoms with E-state index in [0.29, 0.717) is 23.2 Å². The molecule has 0 radical (unpaired) electrons. The maximum Gasteiger partial charge on any atom is 1.00 e. The number of imidazole rings is 1. The van der Waals surface area contributed by atoms with E-state index in [9.17, 15) is 5.11 Å². The van der Waals surface area contributed by atoms with Crippen LogP contribution in [0.4, 0.5) is 0 Å². The number of hydrogen-bond acceptors (Lipinski definition) is 10. The molecule has 3 heterocycles. The topological polar surface area (TPSA) is 179 Å². The molecule has 0 saturated heterocycles. The van der Waals surface area contributed by atoms with Crippen LogP contribution in [0, 0.1) is 0 Å². The summed E-state index contributed by atoms with van der Waals surface area (Å²) < 4.78 is 10.6. The molecule has 0 aliphatic carbocycles. The zero-order valence-electron chi connectivity index (χ0n) is 21.0. The Balaban J connectivity index is 0.00000148. The first-order valence-electron chi connectivity index (χ1n) is 10.2. The maximum absolute atomic E-state index is 9.74. The van der Waals surface area contributed by atoms with Gasteiger partial charge in [0.15, 0.2) is 5.15 Å². The third kappa shape index (κ3) is 11.5. The van der Waals surface area contributed by atoms with E-state index in [2.05, 4.69) is 62.2 Å². The maximum atomic E-state index is 9.74. The monoisotopic (exact) mass is 592 g/mol. The summed E-state index contributed by atoms with van der Waals surface area (Å²) in [4.78, 5) is 30.1. The number of hydrogen-bond donors (Lipinski definition) is 2. The number of benzene rings is 1. The molecule has 0 amide bonds. The second kappa shape index (κ2) is 18.1. The number of thiophene rings is 1. The standard InChI is InChI=1S/C20H21ClN6OS.3Na.H3O4P/c1-2-3-4-18-22-19(21)17(10-28)27(18)9-13-5-7-14(8-6-13)15-11-29-12-16(15)20-23-25-26-24-20;;;;1-5(2,3)4/h5-8,11-12,28H,2-4,9-10H2,1H3,(H,23,24,25,26);;;;(H3,1,2,3,4)/q;3*+1;/p-3. The molecule has 0 fully saturated rings. The van der Waals surface area contributed by atoms with Crippen molar-refractivity contribution in [3.05, 3.63) is 57.3 Å². The number of phosphoric acid groups is 1. The van der Waals surface area contributed by atoms with Gasteiger partial charge in [-0.25, -0.2) is 4.98 Å². The van der Waals surface area contributed by atoms with E-state index in [0.717, 1.165) is 47.3 Å². The number of tetrazole rings is 1. The van der Waals surface area contributed by atoms with E-state index in [1.165, 1.54) is 0 Å². The molecule has 0 unspecified atom stereocenters. The molecule has 0 atom stereocenters. The van der Waals surface area contributed by atoms with Crippen LogP contribution in [0.2, 0.25) is 5.15 Å². The summed E-state index contributed by atoms with van der Waals surface area (Å²) in [6, 6.07) is 8.35. The molecule has 37 heavy (non-hydrogen) atoms. The van der Waals surface area contributed by atoms with E-state index < -0.39 is 7.82 Å². The Hall–Kier alpha value is 0.560. The zero-order valence-corrected chi connectivity index (χ0v) is 29.5. The number of H-pyrrole nitrogens is 1. The van der Waals surface area contributed by atoms with Crippen LogP contribution in [0.1, 0.15) is 36.8 Å². The summed E-state index contributed by atoms with van der Waals surface area (Å²) in [5.74, 6) is 1.51. The summed E-state index contributed by atoms with van der Waals surface area (Å²) in [5, 5.41) is 28.6. The molecule has 0 aliphatic heterocycles. The molecule has 4 aromatic rings. The van der Waals surface area contributed by atoms with Crippen molar-refractivity contribution in [2.24, 2.45) is 0 Å². The van der Waals surface area contributed by atoms with Crippen molar-refractivity contribution in [3.63, 3.8) is 0 Å². The van der Waals surface area contributed by atoms with Crippen LogP contribution in [-0.2, 0) is 24.1 Å². The third-order valence-corrected chi connectivity index (χ3v) is 5.91. The number of nitrogens with one attached hydrogen (secondary N) is 1. The van der Waals surface area contributed by atoms with Crippen LogP contribution < -0.4 is 103 Å². The summed E-state index contributed by atoms with van der Waals surface area (Å²) in [6.45, 7) is 2.64. The molecule has 0 spiro atoms. The fourth-order valence-electron chi connectivity index (χ4n) is 3.31. The van der Waals surface area contributed by atoms with Crippen molar-refractivity contribution >= 4 is 30.8 Å². The van der Waals surface area contributed by atoms with E-state index in [-0.39, 0.29) is 95.3 Å². The predicted octanol–water partition coefficient (Wildman–Crippen LogP) is -7.48. The number of nitrogens with zero attached hydrogens (tertiary/aromatic N) is 5. The van der Waals surface area contributed by atoms with Gasteiger partial charge in [0.2, 0.25) is 5.82 Å². The Bertz CT molecular complexity index is 1250. The van der Waals surface area contributed by atoms with Gasteiger partial charge in [0, 0.05) is 29.5 Å². The van der Waals surface area contributed by atoms with Crippen molar-refractivity contribution in [1.82, 2.24) is 30.2 Å². The van der Waals surface area contributed by atoms with E-state index in [1.807, 2.05) is 9.95 Å². The van der Waals surface area contributed by atoms with Crippen molar-refractivity contribution < 1.29 is 113 Å². The smallest absolute Gasteiger partial charge is 0.822 e. The molecule has 17 heteroatoms. The van der Waals surface area contributed by atoms with Gasteiger partial charge in [0.05, 0.1) is 12.3 Å². The molecule has 4 rings (SSSR count). The van der Waals surface area contributed by atoms with Crippen molar-refractivity contribution in [3.8, 4) is 22.5 Å². The molecular formula is C20H21ClN6Na3O5PS. The van der Waals surface area contributed by atoms with Crippen LogP contribution in [0.25, 0.3) is 22.5 Å². The number of halogens is 1. The van der Waals surface area contributed by atoms with Gasteiger partial charge in [-0.05, 0) is 28.1 Å². The minimum Gasteiger partial charge on any atom is -0.822 e. The van der Waals surface area contributed by atoms with Crippen LogP contribution in [0.15, 0.2) is 35.0 Å². The van der Waals surface area contributed by atoms with Gasteiger partial charge in [-0.15, -0.1) is 10.2 Å². The molecule has 0 bridgehead atoms. The predicted molar refractivity (Wildman–Crippen MR) is 121 cm³/mol. The molecule has 0 saturated carbocycles. The largest absolute Gasteiger partial charge is 1.00 e. The Morgan fingerprint density at radius 1 is 1.11 bits per heavy atom. The molecular weight excluding hydrogens is 572 g/mol. The first-order chi connectivity index (χ1) is 16.2. The van der Waals surface area contributed by atoms with Crippen LogP contribution in [0.5, 0.6) is 0 Å². The SMILES string of the molecule is CCCCc1nc(Cl)c(CO)n1Cc1ccc(-c2cscc2-c2nn[nH]n2)cc1.O=P([O-])([O-])[O-].[Na+].[Na+].[Na+]. The first-order valence-corrected chi connectivity index (χ1v) is 13.0. The zero-order chi connectivity index (χ0) is 24.7. The van der Waals surface area contributed by atoms with Gasteiger partial charge in [0.25, 0.3) is 0 Å². The molecule has 1 aromatic carbocycles. The van der Waals surface area contributed by atoms with Crippen LogP contribution >= 0.6 is 30.8 Å². The third-order valence-electron chi connectivity index (χ3n) is 4.86. The van der Waals surface area contributed by atoms with Crippen molar-refractivity contribution in [1.29, 1.82) is 0 Å². The second-order valence-electron chi connectivity index (χ2n) is 7.19. The normalized spacial score (nSPS) is 10.4. The quantitative estimate of drug-likeness (QED) is 0.148. The number of aliphatic hydroxyl groups excluding tert-OH is 1. The number of aliphatic hydroxyl groups is 1. The van der Waals surface area contributed by atoms with Gasteiger partial charge < -0.3 is 28.9 Å². The number of aromatic amines is 1. The van der Waals surface area contributed by atoms with E-state index in [4.69, 9.17) is 30.8 Å². The number of unbranched alkanes of at least 4 members (excludes halogenated alkanes) is 1. The van der Waals surface area contributed by atoms with Crippen LogP contribution in [-0.4, -0.2) is 35.3 Å². The van der Waals surface area contributed by atoms with Gasteiger partial charge in [0.1, 0.15) is 5.82 Å². The number of aromatic nitrogens is 6. The van der Waals surface area contributed by atoms with E-state index in [1.54, 1.807) is 11.3 Å². The Kier molecular flexibility index (Phi) is 18.4. The minimum atomic E-state index is -5.39. The minimum absolute atomic E-state index is 0. The Morgan fingerprint density at radius 2 is 1.73 bits per heavy atom. The van der Waals surface area contributed by atoms with E-state index >= 15 is 0 Å². The second-order valence-corrected chi connectivity index (χ2v) is 9.19. The van der Waals surface area contributed by atoms with Crippen molar-refractivity contribution in [2.75, 3.05) is 0 Å². The Morgan fingerprint density at radius 3 is 2.27 bits per heavy atom. The summed E-state index contributed by atoms with van der Waals surface area (Å²) >= 11 is 7.85. The average Bonchev–Trinajstić information content (AvgIpc) is 3.52. The van der Waals surface area contributed by atoms with Gasteiger partial charge in [-0.2, -0.15) is 24.4 Å². The summed E-state index contributed by atoms with van der Waals surface area (Å²) in [5.41, 5.74) is 4.91. The summed E-state index contributed by atoms with van der Waals surface area (Å²) in [7, 11) is -5.39. The number of rotatable bonds is 8. The molecule has 11 nitrogen and oxygen atoms in total. The Labute approximate surface area is 289 Å². The van der Waals surface area contributed by atoms with Gasteiger partial charge >= 0.3 is 88.7 Å².